The van der Waals surface area contributed by atoms with E-state index in [0.29, 0.717) is 12.1 Å². The van der Waals surface area contributed by atoms with Crippen LogP contribution in [0, 0.1) is 0 Å². The van der Waals surface area contributed by atoms with Gasteiger partial charge in [-0.15, -0.1) is 0 Å². The number of nitrogens with one attached hydrogen (secondary N) is 1. The number of likely N-dealkylation sites (N-methyl/N-ethyl adjacent to an activating group) is 1. The van der Waals surface area contributed by atoms with E-state index < -0.39 is 11.7 Å². The highest BCUT2D eigenvalue weighted by Gasteiger charge is 2.33. The molecule has 0 aliphatic carbocycles. The van der Waals surface area contributed by atoms with E-state index in [0.717, 1.165) is 25.7 Å². The summed E-state index contributed by atoms with van der Waals surface area (Å²) in [6, 6.07) is 5.43. The molecule has 1 unspecified atom stereocenters. The zero-order valence-corrected chi connectivity index (χ0v) is 12.3. The molecule has 0 aliphatic heterocycles. The Morgan fingerprint density at radius 1 is 1.15 bits per heavy atom. The Bertz CT molecular complexity index is 400. The molecule has 0 saturated heterocycles. The van der Waals surface area contributed by atoms with Gasteiger partial charge in [0.25, 0.3) is 0 Å². The summed E-state index contributed by atoms with van der Waals surface area (Å²) in [5.74, 6) is 0. The lowest BCUT2D eigenvalue weighted by Crippen LogP contribution is -2.33. The monoisotopic (exact) mass is 288 g/mol. The van der Waals surface area contributed by atoms with Crippen molar-refractivity contribution in [3.8, 4) is 0 Å². The van der Waals surface area contributed by atoms with Crippen molar-refractivity contribution in [1.29, 1.82) is 0 Å². The molecular weight excluding hydrogens is 265 g/mol. The largest absolute Gasteiger partial charge is 0.416 e. The minimum Gasteiger partial charge on any atom is -0.309 e. The molecular formula is C15H23F3N2. The van der Waals surface area contributed by atoms with Crippen LogP contribution in [0.1, 0.15) is 37.9 Å². The minimum absolute atomic E-state index is 0.305. The van der Waals surface area contributed by atoms with Crippen molar-refractivity contribution in [2.24, 2.45) is 0 Å². The predicted octanol–water partition coefficient (Wildman–Crippen LogP) is 3.70. The van der Waals surface area contributed by atoms with Crippen molar-refractivity contribution in [2.75, 3.05) is 26.2 Å². The summed E-state index contributed by atoms with van der Waals surface area (Å²) in [7, 11) is 0. The van der Waals surface area contributed by atoms with Gasteiger partial charge in [0.1, 0.15) is 0 Å². The molecule has 0 amide bonds. The molecule has 1 aromatic carbocycles. The van der Waals surface area contributed by atoms with Crippen LogP contribution in [0.15, 0.2) is 24.3 Å². The minimum atomic E-state index is -4.30. The van der Waals surface area contributed by atoms with E-state index in [2.05, 4.69) is 24.1 Å². The van der Waals surface area contributed by atoms with Crippen LogP contribution >= 0.6 is 0 Å². The number of alkyl halides is 3. The molecule has 1 atom stereocenters. The Kier molecular flexibility index (Phi) is 6.49. The zero-order chi connectivity index (χ0) is 15.2. The van der Waals surface area contributed by atoms with Gasteiger partial charge in [0, 0.05) is 19.1 Å². The van der Waals surface area contributed by atoms with Gasteiger partial charge in [-0.3, -0.25) is 0 Å². The van der Waals surface area contributed by atoms with Crippen LogP contribution in [0.3, 0.4) is 0 Å². The van der Waals surface area contributed by atoms with Gasteiger partial charge in [0.2, 0.25) is 0 Å². The molecule has 5 heteroatoms. The number of nitrogens with zero attached hydrogens (tertiary/aromatic N) is 1. The highest BCUT2D eigenvalue weighted by molar-refractivity contribution is 5.32. The van der Waals surface area contributed by atoms with Gasteiger partial charge in [-0.2, -0.15) is 13.2 Å². The average Bonchev–Trinajstić information content (AvgIpc) is 2.42. The van der Waals surface area contributed by atoms with Crippen molar-refractivity contribution in [3.05, 3.63) is 35.4 Å². The first-order chi connectivity index (χ1) is 9.40. The number of hydrogen-bond donors (Lipinski definition) is 1. The van der Waals surface area contributed by atoms with E-state index in [1.165, 1.54) is 12.1 Å². The highest BCUT2D eigenvalue weighted by Crippen LogP contribution is 2.34. The summed E-state index contributed by atoms with van der Waals surface area (Å²) in [6.45, 7) is 9.34. The molecule has 114 valence electrons. The summed E-state index contributed by atoms with van der Waals surface area (Å²) in [5, 5.41) is 3.17. The number of hydrogen-bond acceptors (Lipinski definition) is 2. The van der Waals surface area contributed by atoms with Crippen LogP contribution in [0.5, 0.6) is 0 Å². The summed E-state index contributed by atoms with van der Waals surface area (Å²) in [5.41, 5.74) is -0.248. The van der Waals surface area contributed by atoms with E-state index in [1.54, 1.807) is 13.0 Å². The lowest BCUT2D eigenvalue weighted by molar-refractivity contribution is -0.138. The van der Waals surface area contributed by atoms with Crippen LogP contribution in [0.2, 0.25) is 0 Å². The Morgan fingerprint density at radius 2 is 1.75 bits per heavy atom. The fourth-order valence-electron chi connectivity index (χ4n) is 2.22. The molecule has 0 aromatic heterocycles. The highest BCUT2D eigenvalue weighted by atomic mass is 19.4. The standard InChI is InChI=1S/C15H23F3N2/c1-4-20(5-2)11-10-19-12(3)13-8-6-7-9-14(13)15(16,17)18/h6-9,12,19H,4-5,10-11H2,1-3H3. The zero-order valence-electron chi connectivity index (χ0n) is 12.3. The van der Waals surface area contributed by atoms with Crippen molar-refractivity contribution < 1.29 is 13.2 Å². The molecule has 0 bridgehead atoms. The average molecular weight is 288 g/mol. The smallest absolute Gasteiger partial charge is 0.309 e. The third-order valence-corrected chi connectivity index (χ3v) is 3.51. The van der Waals surface area contributed by atoms with E-state index in [-0.39, 0.29) is 6.04 Å². The SMILES string of the molecule is CCN(CC)CCNC(C)c1ccccc1C(F)(F)F. The summed E-state index contributed by atoms with van der Waals surface area (Å²) < 4.78 is 38.8. The molecule has 1 aromatic rings. The Hall–Kier alpha value is -1.07. The van der Waals surface area contributed by atoms with Crippen molar-refractivity contribution in [3.63, 3.8) is 0 Å². The molecule has 0 heterocycles. The first-order valence-corrected chi connectivity index (χ1v) is 7.02. The third kappa shape index (κ3) is 4.80. The van der Waals surface area contributed by atoms with Gasteiger partial charge in [-0.05, 0) is 31.6 Å². The van der Waals surface area contributed by atoms with Crippen LogP contribution in [0.4, 0.5) is 13.2 Å². The molecule has 20 heavy (non-hydrogen) atoms. The van der Waals surface area contributed by atoms with Gasteiger partial charge in [-0.1, -0.05) is 32.0 Å². The normalized spacial score (nSPS) is 13.8. The van der Waals surface area contributed by atoms with Crippen LogP contribution in [-0.2, 0) is 6.18 Å². The van der Waals surface area contributed by atoms with Crippen molar-refractivity contribution in [2.45, 2.75) is 33.0 Å². The number of benzene rings is 1. The van der Waals surface area contributed by atoms with E-state index in [4.69, 9.17) is 0 Å². The molecule has 1 rings (SSSR count). The van der Waals surface area contributed by atoms with Crippen LogP contribution in [0.25, 0.3) is 0 Å². The number of halogens is 3. The van der Waals surface area contributed by atoms with Gasteiger partial charge < -0.3 is 10.2 Å². The van der Waals surface area contributed by atoms with Gasteiger partial charge in [0.05, 0.1) is 5.56 Å². The van der Waals surface area contributed by atoms with Gasteiger partial charge in [-0.25, -0.2) is 0 Å². The first-order valence-electron chi connectivity index (χ1n) is 7.02. The van der Waals surface area contributed by atoms with Gasteiger partial charge >= 0.3 is 6.18 Å². The molecule has 0 aliphatic rings. The Labute approximate surface area is 119 Å². The summed E-state index contributed by atoms with van der Waals surface area (Å²) in [6.07, 6.45) is -4.30. The van der Waals surface area contributed by atoms with E-state index >= 15 is 0 Å². The molecule has 0 saturated carbocycles. The topological polar surface area (TPSA) is 15.3 Å². The Balaban J connectivity index is 2.66. The fourth-order valence-corrected chi connectivity index (χ4v) is 2.22. The van der Waals surface area contributed by atoms with E-state index in [1.807, 2.05) is 0 Å². The fraction of sp³-hybridized carbons (Fsp3) is 0.600. The quantitative estimate of drug-likeness (QED) is 0.823. The van der Waals surface area contributed by atoms with Crippen molar-refractivity contribution in [1.82, 2.24) is 10.2 Å². The lowest BCUT2D eigenvalue weighted by Gasteiger charge is -2.22. The van der Waals surface area contributed by atoms with Crippen molar-refractivity contribution >= 4 is 0 Å². The lowest BCUT2D eigenvalue weighted by atomic mass is 10.0. The maximum Gasteiger partial charge on any atom is 0.416 e. The molecule has 0 fully saturated rings. The molecule has 0 radical (unpaired) electrons. The predicted molar refractivity (Wildman–Crippen MR) is 75.6 cm³/mol. The maximum atomic E-state index is 12.9. The first kappa shape index (κ1) is 17.0. The van der Waals surface area contributed by atoms with E-state index in [9.17, 15) is 13.2 Å². The summed E-state index contributed by atoms with van der Waals surface area (Å²) in [4.78, 5) is 2.23. The summed E-state index contributed by atoms with van der Waals surface area (Å²) >= 11 is 0. The Morgan fingerprint density at radius 3 is 2.30 bits per heavy atom. The second kappa shape index (κ2) is 7.64. The van der Waals surface area contributed by atoms with Crippen LogP contribution in [-0.4, -0.2) is 31.1 Å². The van der Waals surface area contributed by atoms with Crippen LogP contribution < -0.4 is 5.32 Å². The number of rotatable bonds is 7. The third-order valence-electron chi connectivity index (χ3n) is 3.51. The van der Waals surface area contributed by atoms with Gasteiger partial charge in [0.15, 0.2) is 0 Å². The molecule has 0 spiro atoms. The second-order valence-electron chi connectivity index (χ2n) is 4.79. The maximum absolute atomic E-state index is 12.9. The second-order valence-corrected chi connectivity index (χ2v) is 4.79. The molecule has 2 nitrogen and oxygen atoms in total. The molecule has 1 N–H and O–H groups in total.